The van der Waals surface area contributed by atoms with Crippen LogP contribution in [-0.2, 0) is 4.79 Å². The summed E-state index contributed by atoms with van der Waals surface area (Å²) < 4.78 is 0. The maximum atomic E-state index is 9.90. The molecular weight excluding hydrogens is 180 g/mol. The summed E-state index contributed by atoms with van der Waals surface area (Å²) in [4.78, 5) is 9.90. The van der Waals surface area contributed by atoms with Gasteiger partial charge in [0.05, 0.1) is 6.20 Å². The maximum Gasteiger partial charge on any atom is 0.289 e. The van der Waals surface area contributed by atoms with Crippen LogP contribution in [0.25, 0.3) is 0 Å². The highest BCUT2D eigenvalue weighted by atomic mass is 16.1. The average molecular weight is 196 g/mol. The lowest BCUT2D eigenvalue weighted by molar-refractivity contribution is -0.113. The Kier molecular flexibility index (Phi) is 5.03. The summed E-state index contributed by atoms with van der Waals surface area (Å²) >= 11 is 0. The first kappa shape index (κ1) is 11.0. The van der Waals surface area contributed by atoms with Gasteiger partial charge in [0.25, 0.3) is 5.91 Å². The molecule has 2 rings (SSSR count). The van der Waals surface area contributed by atoms with Crippen molar-refractivity contribution in [3.05, 3.63) is 12.3 Å². The Balaban J connectivity index is 0.000000146. The lowest BCUT2D eigenvalue weighted by Gasteiger charge is -2.24. The van der Waals surface area contributed by atoms with E-state index in [4.69, 9.17) is 0 Å². The summed E-state index contributed by atoms with van der Waals surface area (Å²) in [5, 5.41) is 8.64. The Morgan fingerprint density at radius 2 is 2.07 bits per heavy atom. The predicted molar refractivity (Wildman–Crippen MR) is 53.5 cm³/mol. The van der Waals surface area contributed by atoms with Gasteiger partial charge in [0, 0.05) is 19.2 Å². The fourth-order valence-corrected chi connectivity index (χ4v) is 1.34. The number of carbonyl (C=O) groups is 1. The van der Waals surface area contributed by atoms with E-state index in [2.05, 4.69) is 20.7 Å². The topological polar surface area (TPSA) is 57.1 Å². The molecule has 0 spiro atoms. The Labute approximate surface area is 83.9 Å². The van der Waals surface area contributed by atoms with E-state index in [-0.39, 0.29) is 5.91 Å². The quantitative estimate of drug-likeness (QED) is 0.683. The second kappa shape index (κ2) is 6.39. The van der Waals surface area contributed by atoms with Crippen LogP contribution in [0.2, 0.25) is 0 Å². The minimum absolute atomic E-state index is 0.269. The molecule has 0 aromatic rings. The Morgan fingerprint density at radius 3 is 2.36 bits per heavy atom. The van der Waals surface area contributed by atoms with Crippen LogP contribution in [0.4, 0.5) is 0 Å². The average Bonchev–Trinajstić information content (AvgIpc) is 2.71. The lowest BCUT2D eigenvalue weighted by atomic mass is 10.2. The van der Waals surface area contributed by atoms with Gasteiger partial charge in [0.15, 0.2) is 0 Å². The van der Waals surface area contributed by atoms with Crippen molar-refractivity contribution in [2.24, 2.45) is 10.2 Å². The number of carbonyl (C=O) groups excluding carboxylic acids is 1. The van der Waals surface area contributed by atoms with Crippen LogP contribution in [0, 0.1) is 0 Å². The molecule has 0 saturated carbocycles. The summed E-state index contributed by atoms with van der Waals surface area (Å²) in [5.41, 5.74) is 3.14. The number of azo groups is 1. The van der Waals surface area contributed by atoms with Crippen molar-refractivity contribution in [3.8, 4) is 0 Å². The summed E-state index contributed by atoms with van der Waals surface area (Å²) in [6, 6.07) is 0. The Hall–Kier alpha value is -1.07. The highest BCUT2D eigenvalue weighted by Gasteiger charge is 2.05. The standard InChI is InChI=1S/C6H14N2.C3H2N2O/c1-7-8-5-3-2-4-6-8;6-3-1-2-4-5-3/h7H,2-6H2,1H3;1-2H. The third kappa shape index (κ3) is 4.25. The minimum atomic E-state index is -0.269. The molecule has 0 aliphatic carbocycles. The normalized spacial score (nSPS) is 20.8. The van der Waals surface area contributed by atoms with E-state index >= 15 is 0 Å². The smallest absolute Gasteiger partial charge is 0.266 e. The van der Waals surface area contributed by atoms with Crippen molar-refractivity contribution in [2.45, 2.75) is 19.3 Å². The first-order valence-electron chi connectivity index (χ1n) is 4.86. The van der Waals surface area contributed by atoms with Crippen molar-refractivity contribution >= 4 is 5.91 Å². The summed E-state index contributed by atoms with van der Waals surface area (Å²) in [6.07, 6.45) is 6.81. The number of nitrogens with zero attached hydrogens (tertiary/aromatic N) is 3. The van der Waals surface area contributed by atoms with Crippen molar-refractivity contribution in [1.82, 2.24) is 10.4 Å². The number of hydrazine groups is 1. The van der Waals surface area contributed by atoms with Gasteiger partial charge in [-0.2, -0.15) is 5.11 Å². The van der Waals surface area contributed by atoms with E-state index in [0.717, 1.165) is 0 Å². The highest BCUT2D eigenvalue weighted by Crippen LogP contribution is 2.04. The third-order valence-corrected chi connectivity index (χ3v) is 2.11. The summed E-state index contributed by atoms with van der Waals surface area (Å²) in [7, 11) is 1.99. The van der Waals surface area contributed by atoms with Crippen LogP contribution in [0.5, 0.6) is 0 Å². The zero-order chi connectivity index (χ0) is 10.2. The first-order valence-corrected chi connectivity index (χ1v) is 4.86. The van der Waals surface area contributed by atoms with E-state index in [0.29, 0.717) is 0 Å². The molecule has 2 aliphatic rings. The van der Waals surface area contributed by atoms with Crippen LogP contribution >= 0.6 is 0 Å². The fourth-order valence-electron chi connectivity index (χ4n) is 1.34. The monoisotopic (exact) mass is 196 g/mol. The Bertz CT molecular complexity index is 217. The molecule has 2 aliphatic heterocycles. The largest absolute Gasteiger partial charge is 0.289 e. The number of piperidine rings is 1. The molecule has 1 fully saturated rings. The van der Waals surface area contributed by atoms with E-state index in [1.807, 2.05) is 7.05 Å². The highest BCUT2D eigenvalue weighted by molar-refractivity contribution is 5.89. The van der Waals surface area contributed by atoms with Gasteiger partial charge in [-0.05, 0) is 19.9 Å². The fraction of sp³-hybridized carbons (Fsp3) is 0.667. The van der Waals surface area contributed by atoms with Crippen molar-refractivity contribution < 1.29 is 4.79 Å². The van der Waals surface area contributed by atoms with Gasteiger partial charge in [0.2, 0.25) is 0 Å². The SMILES string of the molecule is CNN1CCCCC1.O=C1C=CN=N1. The van der Waals surface area contributed by atoms with Gasteiger partial charge in [-0.25, -0.2) is 5.01 Å². The molecule has 0 unspecified atom stereocenters. The van der Waals surface area contributed by atoms with Crippen molar-refractivity contribution in [3.63, 3.8) is 0 Å². The van der Waals surface area contributed by atoms with Crippen LogP contribution in [-0.4, -0.2) is 31.1 Å². The molecule has 5 heteroatoms. The number of rotatable bonds is 1. The molecule has 0 radical (unpaired) electrons. The van der Waals surface area contributed by atoms with Gasteiger partial charge in [-0.3, -0.25) is 10.2 Å². The van der Waals surface area contributed by atoms with Gasteiger partial charge in [-0.1, -0.05) is 6.42 Å². The molecule has 0 bridgehead atoms. The second-order valence-electron chi connectivity index (χ2n) is 3.14. The molecule has 1 saturated heterocycles. The molecule has 1 N–H and O–H groups in total. The van der Waals surface area contributed by atoms with E-state index in [1.54, 1.807) is 0 Å². The molecule has 0 aromatic carbocycles. The third-order valence-electron chi connectivity index (χ3n) is 2.11. The van der Waals surface area contributed by atoms with Crippen molar-refractivity contribution in [1.29, 1.82) is 0 Å². The van der Waals surface area contributed by atoms with E-state index < -0.39 is 0 Å². The van der Waals surface area contributed by atoms with E-state index in [9.17, 15) is 4.79 Å². The molecular formula is C9H16N4O. The van der Waals surface area contributed by atoms with Crippen LogP contribution in [0.1, 0.15) is 19.3 Å². The number of amides is 1. The molecule has 0 atom stereocenters. The number of hydrogen-bond acceptors (Lipinski definition) is 4. The summed E-state index contributed by atoms with van der Waals surface area (Å²) in [6.45, 7) is 2.47. The molecule has 78 valence electrons. The van der Waals surface area contributed by atoms with Crippen LogP contribution in [0.3, 0.4) is 0 Å². The predicted octanol–water partition coefficient (Wildman–Crippen LogP) is 1.10. The van der Waals surface area contributed by atoms with Gasteiger partial charge < -0.3 is 0 Å². The second-order valence-corrected chi connectivity index (χ2v) is 3.14. The maximum absolute atomic E-state index is 9.90. The number of hydrogen-bond donors (Lipinski definition) is 1. The molecule has 14 heavy (non-hydrogen) atoms. The molecule has 1 amide bonds. The van der Waals surface area contributed by atoms with Crippen molar-refractivity contribution in [2.75, 3.05) is 20.1 Å². The van der Waals surface area contributed by atoms with E-state index in [1.165, 1.54) is 44.6 Å². The Morgan fingerprint density at radius 1 is 1.36 bits per heavy atom. The number of nitrogens with one attached hydrogen (secondary N) is 1. The minimum Gasteiger partial charge on any atom is -0.266 e. The summed E-state index contributed by atoms with van der Waals surface area (Å²) in [5.74, 6) is -0.269. The lowest BCUT2D eigenvalue weighted by Crippen LogP contribution is -2.38. The first-order chi connectivity index (χ1) is 6.83. The van der Waals surface area contributed by atoms with Gasteiger partial charge in [-0.15, -0.1) is 5.11 Å². The molecule has 0 aromatic heterocycles. The van der Waals surface area contributed by atoms with Gasteiger partial charge >= 0.3 is 0 Å². The van der Waals surface area contributed by atoms with Gasteiger partial charge in [0.1, 0.15) is 0 Å². The zero-order valence-electron chi connectivity index (χ0n) is 8.44. The van der Waals surface area contributed by atoms with Crippen LogP contribution < -0.4 is 5.43 Å². The molecule has 5 nitrogen and oxygen atoms in total. The zero-order valence-corrected chi connectivity index (χ0v) is 8.44. The molecule has 2 heterocycles. The van der Waals surface area contributed by atoms with Crippen LogP contribution in [0.15, 0.2) is 22.5 Å².